The number of hydrogen-bond acceptors (Lipinski definition) is 7. The molecule has 0 radical (unpaired) electrons. The molecule has 0 unspecified atom stereocenters. The van der Waals surface area contributed by atoms with Crippen LogP contribution in [0, 0.1) is 5.92 Å². The van der Waals surface area contributed by atoms with E-state index in [0.717, 1.165) is 39.1 Å². The van der Waals surface area contributed by atoms with E-state index in [9.17, 15) is 9.59 Å². The maximum atomic E-state index is 12.2. The fraction of sp³-hybridized carbons (Fsp3) is 0.462. The van der Waals surface area contributed by atoms with Crippen molar-refractivity contribution in [1.82, 2.24) is 19.8 Å². The molecule has 9 heteroatoms. The maximum Gasteiger partial charge on any atom is 0.415 e. The molecule has 2 fully saturated rings. The van der Waals surface area contributed by atoms with Crippen molar-refractivity contribution in [3.8, 4) is 0 Å². The Morgan fingerprint density at radius 3 is 2.57 bits per heavy atom. The van der Waals surface area contributed by atoms with Crippen LogP contribution in [-0.2, 0) is 22.5 Å². The normalized spacial score (nSPS) is 18.6. The highest BCUT2D eigenvalue weighted by molar-refractivity contribution is 5.89. The first kappa shape index (κ1) is 24.7. The van der Waals surface area contributed by atoms with Crippen LogP contribution in [-0.4, -0.2) is 77.1 Å². The van der Waals surface area contributed by atoms with Crippen molar-refractivity contribution in [2.45, 2.75) is 32.9 Å². The highest BCUT2D eigenvalue weighted by Crippen LogP contribution is 2.25. The second-order valence-electron chi connectivity index (χ2n) is 9.30. The van der Waals surface area contributed by atoms with E-state index in [1.807, 2.05) is 4.90 Å². The zero-order valence-electron chi connectivity index (χ0n) is 20.5. The fourth-order valence-electron chi connectivity index (χ4n) is 4.40. The third kappa shape index (κ3) is 6.16. The van der Waals surface area contributed by atoms with E-state index in [2.05, 4.69) is 64.9 Å². The smallest absolute Gasteiger partial charge is 0.415 e. The summed E-state index contributed by atoms with van der Waals surface area (Å²) in [6, 6.07) is 10.3. The van der Waals surface area contributed by atoms with Gasteiger partial charge in [0.25, 0.3) is 0 Å². The van der Waals surface area contributed by atoms with Gasteiger partial charge in [0.05, 0.1) is 6.04 Å². The quantitative estimate of drug-likeness (QED) is 0.554. The van der Waals surface area contributed by atoms with Crippen LogP contribution in [0.1, 0.15) is 25.0 Å². The van der Waals surface area contributed by atoms with E-state index in [-0.39, 0.29) is 24.0 Å². The van der Waals surface area contributed by atoms with Crippen molar-refractivity contribution in [2.75, 3.05) is 49.5 Å². The van der Waals surface area contributed by atoms with Gasteiger partial charge in [-0.2, -0.15) is 4.98 Å². The van der Waals surface area contributed by atoms with Crippen LogP contribution in [0.15, 0.2) is 49.2 Å². The molecule has 0 bridgehead atoms. The molecule has 1 atom stereocenters. The van der Waals surface area contributed by atoms with Gasteiger partial charge >= 0.3 is 6.09 Å². The summed E-state index contributed by atoms with van der Waals surface area (Å²) < 4.78 is 5.23. The molecule has 4 rings (SSSR count). The fourth-order valence-corrected chi connectivity index (χ4v) is 4.40. The predicted octanol–water partition coefficient (Wildman–Crippen LogP) is 2.94. The summed E-state index contributed by atoms with van der Waals surface area (Å²) in [5, 5.41) is 3.27. The van der Waals surface area contributed by atoms with Gasteiger partial charge in [-0.3, -0.25) is 14.6 Å². The van der Waals surface area contributed by atoms with Crippen LogP contribution >= 0.6 is 0 Å². The van der Waals surface area contributed by atoms with Crippen LogP contribution < -0.4 is 10.2 Å². The Kier molecular flexibility index (Phi) is 7.97. The monoisotopic (exact) mass is 478 g/mol. The summed E-state index contributed by atoms with van der Waals surface area (Å²) in [6.45, 7) is 12.9. The summed E-state index contributed by atoms with van der Waals surface area (Å²) in [5.41, 5.74) is 2.49. The Labute approximate surface area is 206 Å². The average molecular weight is 479 g/mol. The Hall–Kier alpha value is -3.46. The number of cyclic esters (lactones) is 1. The predicted molar refractivity (Wildman–Crippen MR) is 135 cm³/mol. The van der Waals surface area contributed by atoms with Crippen molar-refractivity contribution < 1.29 is 14.3 Å². The van der Waals surface area contributed by atoms with Crippen LogP contribution in [0.5, 0.6) is 0 Å². The lowest BCUT2D eigenvalue weighted by atomic mass is 10.0. The minimum absolute atomic E-state index is 0.0121. The van der Waals surface area contributed by atoms with Gasteiger partial charge in [-0.25, -0.2) is 9.78 Å². The Morgan fingerprint density at radius 2 is 1.89 bits per heavy atom. The molecule has 0 saturated carbocycles. The highest BCUT2D eigenvalue weighted by atomic mass is 16.6. The number of carbonyl (C=O) groups excluding carboxylic acids is 2. The van der Waals surface area contributed by atoms with Crippen LogP contribution in [0.3, 0.4) is 0 Å². The molecule has 0 aliphatic carbocycles. The third-order valence-electron chi connectivity index (χ3n) is 6.55. The number of anilines is 2. The number of rotatable bonds is 9. The lowest BCUT2D eigenvalue weighted by Gasteiger charge is -2.34. The molecule has 3 heterocycles. The Balaban J connectivity index is 1.25. The van der Waals surface area contributed by atoms with E-state index in [1.165, 1.54) is 17.2 Å². The first-order chi connectivity index (χ1) is 16.9. The van der Waals surface area contributed by atoms with Crippen molar-refractivity contribution >= 4 is 23.8 Å². The molecule has 1 N–H and O–H groups in total. The molecule has 0 spiro atoms. The molecule has 1 aromatic carbocycles. The van der Waals surface area contributed by atoms with Crippen molar-refractivity contribution in [2.24, 2.45) is 5.92 Å². The van der Waals surface area contributed by atoms with Crippen molar-refractivity contribution in [3.63, 3.8) is 0 Å². The summed E-state index contributed by atoms with van der Waals surface area (Å²) in [5.74, 6) is 1.33. The molecule has 9 nitrogen and oxygen atoms in total. The van der Waals surface area contributed by atoms with Gasteiger partial charge in [0.1, 0.15) is 12.4 Å². The summed E-state index contributed by atoms with van der Waals surface area (Å²) in [4.78, 5) is 38.6. The van der Waals surface area contributed by atoms with E-state index >= 15 is 0 Å². The van der Waals surface area contributed by atoms with E-state index in [0.29, 0.717) is 24.9 Å². The van der Waals surface area contributed by atoms with Crippen LogP contribution in [0.4, 0.5) is 16.6 Å². The molecule has 2 aliphatic rings. The second-order valence-corrected chi connectivity index (χ2v) is 9.30. The number of nitrogens with zero attached hydrogens (tertiary/aromatic N) is 5. The van der Waals surface area contributed by atoms with Crippen LogP contribution in [0.25, 0.3) is 0 Å². The minimum Gasteiger partial charge on any atom is -0.447 e. The van der Waals surface area contributed by atoms with Gasteiger partial charge in [0.15, 0.2) is 0 Å². The number of ether oxygens (including phenoxy) is 1. The molecule has 2 amide bonds. The number of nitrogens with one attached hydrogen (secondary N) is 1. The van der Waals surface area contributed by atoms with E-state index < -0.39 is 0 Å². The number of piperazine rings is 1. The second kappa shape index (κ2) is 11.3. The highest BCUT2D eigenvalue weighted by Gasteiger charge is 2.37. The summed E-state index contributed by atoms with van der Waals surface area (Å²) >= 11 is 0. The molecular weight excluding hydrogens is 444 g/mol. The topological polar surface area (TPSA) is 90.9 Å². The molecule has 186 valence electrons. The SMILES string of the molecule is C=CC(=O)N1CCN(Cc2ccc(CCNc3nccc(N4C(=O)OC[C@@H]4C(C)C)n3)cc2)CC1. The molecular formula is C26H34N6O3. The van der Waals surface area contributed by atoms with Gasteiger partial charge in [-0.1, -0.05) is 44.7 Å². The standard InChI is InChI=1S/C26H34N6O3/c1-4-24(33)31-15-13-30(14-16-31)17-21-7-5-20(6-8-21)9-11-27-25-28-12-10-23(29-25)32-22(19(2)3)18-35-26(32)34/h4-8,10,12,19,22H,1,9,11,13-18H2,2-3H3,(H,27,28,29)/t22-/m1/s1. The lowest BCUT2D eigenvalue weighted by molar-refractivity contribution is -0.127. The van der Waals surface area contributed by atoms with E-state index in [1.54, 1.807) is 17.2 Å². The van der Waals surface area contributed by atoms with Gasteiger partial charge in [0, 0.05) is 45.5 Å². The largest absolute Gasteiger partial charge is 0.447 e. The number of hydrogen-bond donors (Lipinski definition) is 1. The first-order valence-corrected chi connectivity index (χ1v) is 12.2. The maximum absolute atomic E-state index is 12.2. The van der Waals surface area contributed by atoms with Gasteiger partial charge in [0.2, 0.25) is 11.9 Å². The summed E-state index contributed by atoms with van der Waals surface area (Å²) in [7, 11) is 0. The van der Waals surface area contributed by atoms with Crippen molar-refractivity contribution in [1.29, 1.82) is 0 Å². The van der Waals surface area contributed by atoms with E-state index in [4.69, 9.17) is 4.74 Å². The molecule has 2 saturated heterocycles. The van der Waals surface area contributed by atoms with Gasteiger partial charge < -0.3 is 15.0 Å². The molecule has 1 aromatic heterocycles. The third-order valence-corrected chi connectivity index (χ3v) is 6.55. The number of carbonyl (C=O) groups is 2. The molecule has 35 heavy (non-hydrogen) atoms. The minimum atomic E-state index is -0.361. The molecule has 2 aliphatic heterocycles. The van der Waals surface area contributed by atoms with Gasteiger partial charge in [-0.05, 0) is 35.6 Å². The Bertz CT molecular complexity index is 1030. The molecule has 2 aromatic rings. The van der Waals surface area contributed by atoms with Crippen LogP contribution in [0.2, 0.25) is 0 Å². The number of amides is 2. The zero-order chi connectivity index (χ0) is 24.8. The summed E-state index contributed by atoms with van der Waals surface area (Å²) in [6.07, 6.45) is 3.52. The Morgan fingerprint density at radius 1 is 1.17 bits per heavy atom. The average Bonchev–Trinajstić information content (AvgIpc) is 3.27. The lowest BCUT2D eigenvalue weighted by Crippen LogP contribution is -2.47. The zero-order valence-corrected chi connectivity index (χ0v) is 20.5. The van der Waals surface area contributed by atoms with Crippen molar-refractivity contribution in [3.05, 3.63) is 60.3 Å². The number of aromatic nitrogens is 2. The first-order valence-electron chi connectivity index (χ1n) is 12.2. The number of benzene rings is 1. The van der Waals surface area contributed by atoms with Gasteiger partial charge in [-0.15, -0.1) is 0 Å².